The van der Waals surface area contributed by atoms with E-state index < -0.39 is 0 Å². The zero-order valence-electron chi connectivity index (χ0n) is 11.0. The maximum Gasteiger partial charge on any atom is 0.0223 e. The van der Waals surface area contributed by atoms with Gasteiger partial charge in [0, 0.05) is 32.2 Å². The number of nitrogens with zero attached hydrogens (tertiary/aromatic N) is 2. The molecule has 0 amide bonds. The molecule has 4 rings (SSSR count). The summed E-state index contributed by atoms with van der Waals surface area (Å²) in [5.74, 6) is 1.13. The molecule has 4 aliphatic rings. The number of piperazine rings is 1. The Labute approximate surface area is 105 Å². The summed E-state index contributed by atoms with van der Waals surface area (Å²) in [5.41, 5.74) is 0.816. The predicted molar refractivity (Wildman–Crippen MR) is 70.0 cm³/mol. The van der Waals surface area contributed by atoms with Crippen molar-refractivity contribution < 1.29 is 0 Å². The Balaban J connectivity index is 1.36. The normalized spacial score (nSPS) is 37.8. The van der Waals surface area contributed by atoms with Crippen molar-refractivity contribution >= 4 is 0 Å². The van der Waals surface area contributed by atoms with Crippen LogP contribution in [0.15, 0.2) is 0 Å². The lowest BCUT2D eigenvalue weighted by atomic mass is 9.96. The van der Waals surface area contributed by atoms with Gasteiger partial charge in [-0.05, 0) is 56.4 Å². The van der Waals surface area contributed by atoms with Gasteiger partial charge in [-0.25, -0.2) is 0 Å². The second-order valence-electron chi connectivity index (χ2n) is 7.06. The van der Waals surface area contributed by atoms with Gasteiger partial charge in [0.2, 0.25) is 0 Å². The summed E-state index contributed by atoms with van der Waals surface area (Å²) in [6, 6.07) is 0.910. The number of piperidine rings is 1. The van der Waals surface area contributed by atoms with Gasteiger partial charge in [-0.2, -0.15) is 0 Å². The summed E-state index contributed by atoms with van der Waals surface area (Å²) in [7, 11) is 0. The van der Waals surface area contributed by atoms with Gasteiger partial charge < -0.3 is 0 Å². The van der Waals surface area contributed by atoms with E-state index in [1.54, 1.807) is 25.7 Å². The van der Waals surface area contributed by atoms with Crippen molar-refractivity contribution in [3.63, 3.8) is 0 Å². The smallest absolute Gasteiger partial charge is 0.0223 e. The van der Waals surface area contributed by atoms with Gasteiger partial charge >= 0.3 is 0 Å². The first-order valence-electron chi connectivity index (χ1n) is 7.82. The Kier molecular flexibility index (Phi) is 2.52. The minimum Gasteiger partial charge on any atom is -0.300 e. The predicted octanol–water partition coefficient (Wildman–Crippen LogP) is 2.35. The Bertz CT molecular complexity index is 293. The highest BCUT2D eigenvalue weighted by Gasteiger charge is 2.54. The van der Waals surface area contributed by atoms with Crippen molar-refractivity contribution in [2.75, 3.05) is 32.7 Å². The number of hydrogen-bond donors (Lipinski definition) is 0. The minimum atomic E-state index is 0.816. The van der Waals surface area contributed by atoms with Crippen LogP contribution >= 0.6 is 0 Å². The van der Waals surface area contributed by atoms with E-state index in [9.17, 15) is 0 Å². The summed E-state index contributed by atoms with van der Waals surface area (Å²) >= 11 is 0. The minimum absolute atomic E-state index is 0.816. The van der Waals surface area contributed by atoms with Crippen LogP contribution in [0.4, 0.5) is 0 Å². The Morgan fingerprint density at radius 2 is 1.82 bits per heavy atom. The molecule has 0 radical (unpaired) electrons. The molecular formula is C15H26N2. The molecule has 0 aromatic rings. The monoisotopic (exact) mass is 234 g/mol. The highest BCUT2D eigenvalue weighted by molar-refractivity contribution is 5.06. The molecule has 96 valence electrons. The average molecular weight is 234 g/mol. The van der Waals surface area contributed by atoms with Crippen molar-refractivity contribution in [2.24, 2.45) is 11.3 Å². The van der Waals surface area contributed by atoms with Crippen LogP contribution in [-0.2, 0) is 0 Å². The van der Waals surface area contributed by atoms with E-state index >= 15 is 0 Å². The van der Waals surface area contributed by atoms with E-state index in [1.807, 2.05) is 0 Å². The molecule has 2 aliphatic heterocycles. The van der Waals surface area contributed by atoms with Crippen LogP contribution in [0.1, 0.15) is 44.9 Å². The fraction of sp³-hybridized carbons (Fsp3) is 1.00. The van der Waals surface area contributed by atoms with Crippen LogP contribution in [0.3, 0.4) is 0 Å². The van der Waals surface area contributed by atoms with Gasteiger partial charge in [-0.15, -0.1) is 0 Å². The molecule has 0 bridgehead atoms. The fourth-order valence-electron chi connectivity index (χ4n) is 4.36. The van der Waals surface area contributed by atoms with Crippen molar-refractivity contribution in [3.05, 3.63) is 0 Å². The summed E-state index contributed by atoms with van der Waals surface area (Å²) in [5, 5.41) is 0. The van der Waals surface area contributed by atoms with E-state index in [1.165, 1.54) is 52.0 Å². The van der Waals surface area contributed by atoms with E-state index in [2.05, 4.69) is 9.80 Å². The molecule has 4 fully saturated rings. The molecular weight excluding hydrogens is 208 g/mol. The molecule has 2 aliphatic carbocycles. The first-order valence-corrected chi connectivity index (χ1v) is 7.82. The van der Waals surface area contributed by atoms with Gasteiger partial charge in [0.25, 0.3) is 0 Å². The zero-order chi connectivity index (χ0) is 11.3. The van der Waals surface area contributed by atoms with Crippen molar-refractivity contribution in [1.29, 1.82) is 0 Å². The lowest BCUT2D eigenvalue weighted by Gasteiger charge is -2.45. The van der Waals surface area contributed by atoms with Crippen molar-refractivity contribution in [3.8, 4) is 0 Å². The summed E-state index contributed by atoms with van der Waals surface area (Å²) in [4.78, 5) is 5.58. The second kappa shape index (κ2) is 3.96. The molecule has 2 nitrogen and oxygen atoms in total. The molecule has 2 heteroatoms. The standard InChI is InChI=1S/C15H26N2/c1-2-8-17-10-9-16(11-14(17)3-1)12-15(6-7-15)13-4-5-13/h13-14H,1-12H2. The van der Waals surface area contributed by atoms with Crippen molar-refractivity contribution in [2.45, 2.75) is 51.0 Å². The molecule has 0 aromatic carbocycles. The summed E-state index contributed by atoms with van der Waals surface area (Å²) < 4.78 is 0. The van der Waals surface area contributed by atoms with Crippen LogP contribution < -0.4 is 0 Å². The fourth-order valence-corrected chi connectivity index (χ4v) is 4.36. The maximum atomic E-state index is 2.82. The average Bonchev–Trinajstić information content (AvgIpc) is 3.22. The van der Waals surface area contributed by atoms with Crippen LogP contribution in [0, 0.1) is 11.3 Å². The lowest BCUT2D eigenvalue weighted by Crippen LogP contribution is -2.55. The Morgan fingerprint density at radius 3 is 2.59 bits per heavy atom. The maximum absolute atomic E-state index is 2.82. The Morgan fingerprint density at radius 1 is 0.941 bits per heavy atom. The van der Waals surface area contributed by atoms with E-state index in [0.717, 1.165) is 17.4 Å². The first kappa shape index (κ1) is 10.8. The molecule has 0 N–H and O–H groups in total. The highest BCUT2D eigenvalue weighted by atomic mass is 15.3. The molecule has 2 saturated heterocycles. The van der Waals surface area contributed by atoms with E-state index in [4.69, 9.17) is 0 Å². The van der Waals surface area contributed by atoms with Gasteiger partial charge in [-0.3, -0.25) is 9.80 Å². The lowest BCUT2D eigenvalue weighted by molar-refractivity contribution is 0.0372. The molecule has 17 heavy (non-hydrogen) atoms. The zero-order valence-corrected chi connectivity index (χ0v) is 11.0. The van der Waals surface area contributed by atoms with Gasteiger partial charge in [0.15, 0.2) is 0 Å². The van der Waals surface area contributed by atoms with Gasteiger partial charge in [0.1, 0.15) is 0 Å². The van der Waals surface area contributed by atoms with Crippen LogP contribution in [0.25, 0.3) is 0 Å². The van der Waals surface area contributed by atoms with Crippen LogP contribution in [0.2, 0.25) is 0 Å². The number of fused-ring (bicyclic) bond motifs is 1. The largest absolute Gasteiger partial charge is 0.300 e. The van der Waals surface area contributed by atoms with E-state index in [0.29, 0.717) is 0 Å². The van der Waals surface area contributed by atoms with E-state index in [-0.39, 0.29) is 0 Å². The van der Waals surface area contributed by atoms with Crippen LogP contribution in [-0.4, -0.2) is 48.6 Å². The SMILES string of the molecule is C1CCN2CCN(CC3(C4CC4)CC3)CC2C1. The third kappa shape index (κ3) is 2.04. The molecule has 2 saturated carbocycles. The van der Waals surface area contributed by atoms with Crippen LogP contribution in [0.5, 0.6) is 0 Å². The first-order chi connectivity index (χ1) is 8.36. The molecule has 0 spiro atoms. The molecule has 2 heterocycles. The highest BCUT2D eigenvalue weighted by Crippen LogP contribution is 2.61. The molecule has 1 unspecified atom stereocenters. The quantitative estimate of drug-likeness (QED) is 0.739. The Hall–Kier alpha value is -0.0800. The number of rotatable bonds is 3. The van der Waals surface area contributed by atoms with Crippen molar-refractivity contribution in [1.82, 2.24) is 9.80 Å². The number of hydrogen-bond acceptors (Lipinski definition) is 2. The topological polar surface area (TPSA) is 6.48 Å². The van der Waals surface area contributed by atoms with Gasteiger partial charge in [0.05, 0.1) is 0 Å². The summed E-state index contributed by atoms with van der Waals surface area (Å²) in [6.45, 7) is 6.92. The van der Waals surface area contributed by atoms with Gasteiger partial charge in [-0.1, -0.05) is 6.42 Å². The molecule has 0 aromatic heterocycles. The summed E-state index contributed by atoms with van der Waals surface area (Å²) in [6.07, 6.45) is 10.6. The molecule has 1 atom stereocenters. The third-order valence-corrected chi connectivity index (χ3v) is 5.80. The second-order valence-corrected chi connectivity index (χ2v) is 7.06. The third-order valence-electron chi connectivity index (χ3n) is 5.80.